The molecule has 1 aromatic rings. The molecule has 0 radical (unpaired) electrons. The topological polar surface area (TPSA) is 30.5 Å². The van der Waals surface area contributed by atoms with Gasteiger partial charge in [-0.15, -0.1) is 6.58 Å². The number of ether oxygens (including phenoxy) is 2. The van der Waals surface area contributed by atoms with Crippen LogP contribution in [-0.2, 0) is 11.8 Å². The van der Waals surface area contributed by atoms with Crippen LogP contribution in [0.2, 0.25) is 0 Å². The highest BCUT2D eigenvalue weighted by Crippen LogP contribution is 2.60. The van der Waals surface area contributed by atoms with Crippen LogP contribution in [0.3, 0.4) is 0 Å². The first-order chi connectivity index (χ1) is 11.1. The van der Waals surface area contributed by atoms with E-state index in [0.29, 0.717) is 12.0 Å². The number of nitrogens with one attached hydrogen (secondary N) is 1. The summed E-state index contributed by atoms with van der Waals surface area (Å²) < 4.78 is 12.0. The minimum Gasteiger partial charge on any atom is -0.493 e. The Morgan fingerprint density at radius 2 is 2.30 bits per heavy atom. The standard InChI is InChI=1S/C20H25NO2/c1-5-10-21-15-11-13-7-9-16(22-4)18-17(13)20(3)14(15)8-6-12(2)19(20)23-18/h5,7,9,14-15,19,21H,1-2,6,8,10-11H2,3-4H3/t14-,15+,19-,20?/m1/s1. The molecule has 1 N–H and O–H groups in total. The van der Waals surface area contributed by atoms with E-state index in [2.05, 4.69) is 31.5 Å². The van der Waals surface area contributed by atoms with Gasteiger partial charge in [0.2, 0.25) is 0 Å². The van der Waals surface area contributed by atoms with Gasteiger partial charge in [0.1, 0.15) is 6.10 Å². The zero-order valence-corrected chi connectivity index (χ0v) is 14.0. The molecule has 2 aliphatic carbocycles. The van der Waals surface area contributed by atoms with Gasteiger partial charge in [-0.25, -0.2) is 0 Å². The predicted octanol–water partition coefficient (Wildman–Crippen LogP) is 3.38. The van der Waals surface area contributed by atoms with E-state index in [0.717, 1.165) is 30.9 Å². The van der Waals surface area contributed by atoms with Crippen molar-refractivity contribution in [1.82, 2.24) is 5.32 Å². The molecule has 1 aromatic carbocycles. The number of hydrogen-bond acceptors (Lipinski definition) is 3. The van der Waals surface area contributed by atoms with Crippen molar-refractivity contribution in [1.29, 1.82) is 0 Å². The van der Waals surface area contributed by atoms with Gasteiger partial charge in [0.15, 0.2) is 11.5 Å². The minimum atomic E-state index is -0.00831. The van der Waals surface area contributed by atoms with E-state index in [1.165, 1.54) is 23.1 Å². The Balaban J connectivity index is 1.88. The van der Waals surface area contributed by atoms with Crippen molar-refractivity contribution in [2.75, 3.05) is 13.7 Å². The summed E-state index contributed by atoms with van der Waals surface area (Å²) in [6, 6.07) is 4.72. The van der Waals surface area contributed by atoms with Crippen LogP contribution in [-0.4, -0.2) is 25.8 Å². The molecule has 1 fully saturated rings. The Bertz CT molecular complexity index is 680. The molecule has 23 heavy (non-hydrogen) atoms. The first-order valence-electron chi connectivity index (χ1n) is 8.50. The van der Waals surface area contributed by atoms with Crippen molar-refractivity contribution in [3.8, 4) is 11.5 Å². The van der Waals surface area contributed by atoms with E-state index in [-0.39, 0.29) is 11.5 Å². The van der Waals surface area contributed by atoms with Crippen LogP contribution in [0.25, 0.3) is 0 Å². The van der Waals surface area contributed by atoms with Gasteiger partial charge < -0.3 is 14.8 Å². The van der Waals surface area contributed by atoms with Gasteiger partial charge >= 0.3 is 0 Å². The normalized spacial score (nSPS) is 33.8. The first kappa shape index (κ1) is 14.8. The van der Waals surface area contributed by atoms with Gasteiger partial charge in [0, 0.05) is 23.6 Å². The maximum atomic E-state index is 6.42. The van der Waals surface area contributed by atoms with E-state index in [1.807, 2.05) is 12.1 Å². The van der Waals surface area contributed by atoms with Gasteiger partial charge in [-0.05, 0) is 42.4 Å². The third-order valence-corrected chi connectivity index (χ3v) is 6.11. The van der Waals surface area contributed by atoms with Gasteiger partial charge in [0.05, 0.1) is 7.11 Å². The van der Waals surface area contributed by atoms with Crippen molar-refractivity contribution in [2.45, 2.75) is 43.7 Å². The Morgan fingerprint density at radius 3 is 3.04 bits per heavy atom. The van der Waals surface area contributed by atoms with Gasteiger partial charge in [-0.3, -0.25) is 0 Å². The molecule has 0 spiro atoms. The summed E-state index contributed by atoms with van der Waals surface area (Å²) in [5, 5.41) is 3.69. The molecule has 3 aliphatic rings. The molecule has 122 valence electrons. The third kappa shape index (κ3) is 1.86. The summed E-state index contributed by atoms with van der Waals surface area (Å²) in [4.78, 5) is 0. The smallest absolute Gasteiger partial charge is 0.166 e. The molecule has 3 heteroatoms. The molecule has 1 unspecified atom stereocenters. The quantitative estimate of drug-likeness (QED) is 0.865. The van der Waals surface area contributed by atoms with Crippen LogP contribution < -0.4 is 14.8 Å². The summed E-state index contributed by atoms with van der Waals surface area (Å²) >= 11 is 0. The molecule has 1 heterocycles. The summed E-state index contributed by atoms with van der Waals surface area (Å²) in [6.45, 7) is 11.4. The summed E-state index contributed by atoms with van der Waals surface area (Å²) in [5.74, 6) is 2.36. The van der Waals surface area contributed by atoms with Crippen molar-refractivity contribution in [2.24, 2.45) is 5.92 Å². The fourth-order valence-corrected chi connectivity index (χ4v) is 5.12. The fourth-order valence-electron chi connectivity index (χ4n) is 5.12. The van der Waals surface area contributed by atoms with Crippen LogP contribution in [0.4, 0.5) is 0 Å². The lowest BCUT2D eigenvalue weighted by Crippen LogP contribution is -2.57. The lowest BCUT2D eigenvalue weighted by Gasteiger charge is -2.50. The largest absolute Gasteiger partial charge is 0.493 e. The highest BCUT2D eigenvalue weighted by molar-refractivity contribution is 5.61. The Hall–Kier alpha value is -1.74. The molecular formula is C20H25NO2. The second kappa shape index (κ2) is 5.13. The van der Waals surface area contributed by atoms with E-state index in [4.69, 9.17) is 9.47 Å². The van der Waals surface area contributed by atoms with E-state index >= 15 is 0 Å². The lowest BCUT2D eigenvalue weighted by atomic mass is 9.55. The maximum Gasteiger partial charge on any atom is 0.166 e. The average Bonchev–Trinajstić information content (AvgIpc) is 2.88. The van der Waals surface area contributed by atoms with E-state index in [1.54, 1.807) is 7.11 Å². The highest BCUT2D eigenvalue weighted by atomic mass is 16.5. The Labute approximate surface area is 138 Å². The monoisotopic (exact) mass is 311 g/mol. The molecule has 0 amide bonds. The number of benzene rings is 1. The number of hydrogen-bond donors (Lipinski definition) is 1. The first-order valence-corrected chi connectivity index (χ1v) is 8.50. The molecule has 0 bridgehead atoms. The van der Waals surface area contributed by atoms with E-state index < -0.39 is 0 Å². The number of methoxy groups -OCH3 is 1. The zero-order chi connectivity index (χ0) is 16.2. The average molecular weight is 311 g/mol. The summed E-state index contributed by atoms with van der Waals surface area (Å²) in [6.07, 6.45) is 5.27. The van der Waals surface area contributed by atoms with Crippen molar-refractivity contribution < 1.29 is 9.47 Å². The number of rotatable bonds is 4. The molecular weight excluding hydrogens is 286 g/mol. The van der Waals surface area contributed by atoms with Crippen LogP contribution in [0.15, 0.2) is 36.9 Å². The minimum absolute atomic E-state index is 0.00831. The molecule has 1 aliphatic heterocycles. The van der Waals surface area contributed by atoms with Crippen LogP contribution in [0.5, 0.6) is 11.5 Å². The molecule has 4 atom stereocenters. The van der Waals surface area contributed by atoms with Gasteiger partial charge in [-0.1, -0.05) is 25.6 Å². The molecule has 1 saturated carbocycles. The van der Waals surface area contributed by atoms with E-state index in [9.17, 15) is 0 Å². The maximum absolute atomic E-state index is 6.42. The summed E-state index contributed by atoms with van der Waals surface area (Å²) in [5.41, 5.74) is 3.96. The predicted molar refractivity (Wildman–Crippen MR) is 92.3 cm³/mol. The Kier molecular flexibility index (Phi) is 3.31. The fraction of sp³-hybridized carbons (Fsp3) is 0.500. The lowest BCUT2D eigenvalue weighted by molar-refractivity contribution is 0.0773. The second-order valence-electron chi connectivity index (χ2n) is 7.22. The van der Waals surface area contributed by atoms with Crippen LogP contribution in [0, 0.1) is 5.92 Å². The molecule has 0 aromatic heterocycles. The SMILES string of the molecule is C=CCN[C@H]1Cc2ccc(OC)c3c2C2(C)[C@H](O3)C(=C)CC[C@H]12. The van der Waals surface area contributed by atoms with Crippen molar-refractivity contribution in [3.05, 3.63) is 48.1 Å². The second-order valence-corrected chi connectivity index (χ2v) is 7.22. The third-order valence-electron chi connectivity index (χ3n) is 6.11. The van der Waals surface area contributed by atoms with Crippen LogP contribution >= 0.6 is 0 Å². The van der Waals surface area contributed by atoms with Crippen molar-refractivity contribution in [3.63, 3.8) is 0 Å². The summed E-state index contributed by atoms with van der Waals surface area (Å²) in [7, 11) is 1.72. The highest BCUT2D eigenvalue weighted by Gasteiger charge is 2.59. The zero-order valence-electron chi connectivity index (χ0n) is 14.0. The van der Waals surface area contributed by atoms with Crippen LogP contribution in [0.1, 0.15) is 30.9 Å². The van der Waals surface area contributed by atoms with Crippen molar-refractivity contribution >= 4 is 0 Å². The molecule has 4 rings (SSSR count). The molecule has 0 saturated heterocycles. The van der Waals surface area contributed by atoms with Gasteiger partial charge in [0.25, 0.3) is 0 Å². The molecule has 3 nitrogen and oxygen atoms in total. The Morgan fingerprint density at radius 1 is 1.48 bits per heavy atom. The van der Waals surface area contributed by atoms with Gasteiger partial charge in [-0.2, -0.15) is 0 Å².